The van der Waals surface area contributed by atoms with Crippen LogP contribution in [-0.2, 0) is 11.2 Å². The quantitative estimate of drug-likeness (QED) is 0.885. The fourth-order valence-corrected chi connectivity index (χ4v) is 2.38. The van der Waals surface area contributed by atoms with Crippen molar-refractivity contribution >= 4 is 11.6 Å². The van der Waals surface area contributed by atoms with Gasteiger partial charge in [-0.05, 0) is 43.2 Å². The number of aliphatic hydroxyl groups excluding tert-OH is 1. The van der Waals surface area contributed by atoms with Crippen LogP contribution in [0.2, 0.25) is 0 Å². The fraction of sp³-hybridized carbons (Fsp3) is 0.267. The zero-order valence-corrected chi connectivity index (χ0v) is 10.9. The number of aryl methyl sites for hydroxylation is 2. The monoisotopic (exact) mass is 275 g/mol. The molecule has 0 saturated carbocycles. The Labute approximate surface area is 115 Å². The van der Waals surface area contributed by atoms with E-state index >= 15 is 0 Å². The van der Waals surface area contributed by atoms with Gasteiger partial charge in [0.1, 0.15) is 23.4 Å². The molecule has 4 nitrogen and oxygen atoms in total. The minimum absolute atomic E-state index is 0.119. The number of benzene rings is 1. The Hall–Kier alpha value is -2.14. The van der Waals surface area contributed by atoms with E-state index < -0.39 is 11.9 Å². The van der Waals surface area contributed by atoms with Crippen LogP contribution in [0, 0.1) is 12.7 Å². The lowest BCUT2D eigenvalue weighted by Gasteiger charge is -2.19. The maximum atomic E-state index is 14.1. The molecule has 104 valence electrons. The van der Waals surface area contributed by atoms with Crippen LogP contribution in [0.5, 0.6) is 0 Å². The van der Waals surface area contributed by atoms with Crippen molar-refractivity contribution in [2.24, 2.45) is 0 Å². The predicted molar refractivity (Wildman–Crippen MR) is 70.9 cm³/mol. The molecule has 2 N–H and O–H groups in total. The number of aliphatic hydroxyl groups is 1. The number of rotatable bonds is 2. The van der Waals surface area contributed by atoms with Crippen LogP contribution in [0.4, 0.5) is 10.1 Å². The van der Waals surface area contributed by atoms with Crippen LogP contribution in [-0.4, -0.2) is 11.0 Å². The average Bonchev–Trinajstić information content (AvgIpc) is 2.84. The molecule has 0 radical (unpaired) electrons. The number of amides is 1. The smallest absolute Gasteiger partial charge is 0.224 e. The Balaban J connectivity index is 2.00. The molecule has 1 aliphatic rings. The summed E-state index contributed by atoms with van der Waals surface area (Å²) in [5.41, 5.74) is 1.46. The van der Waals surface area contributed by atoms with Gasteiger partial charge in [-0.25, -0.2) is 4.39 Å². The molecule has 0 bridgehead atoms. The van der Waals surface area contributed by atoms with E-state index in [4.69, 9.17) is 4.42 Å². The van der Waals surface area contributed by atoms with Crippen LogP contribution in [0.1, 0.15) is 35.2 Å². The number of furan rings is 1. The van der Waals surface area contributed by atoms with E-state index in [-0.39, 0.29) is 11.5 Å². The Morgan fingerprint density at radius 1 is 1.35 bits per heavy atom. The third-order valence-electron chi connectivity index (χ3n) is 3.44. The molecule has 5 heteroatoms. The van der Waals surface area contributed by atoms with Gasteiger partial charge in [0.2, 0.25) is 5.91 Å². The van der Waals surface area contributed by atoms with E-state index in [9.17, 15) is 14.3 Å². The normalized spacial score (nSPS) is 15.7. The molecule has 0 spiro atoms. The summed E-state index contributed by atoms with van der Waals surface area (Å²) in [4.78, 5) is 11.3. The first kappa shape index (κ1) is 12.9. The lowest BCUT2D eigenvalue weighted by atomic mass is 9.97. The number of nitrogens with one attached hydrogen (secondary N) is 1. The van der Waals surface area contributed by atoms with Gasteiger partial charge in [0, 0.05) is 17.7 Å². The van der Waals surface area contributed by atoms with Crippen molar-refractivity contribution < 1.29 is 18.7 Å². The first-order chi connectivity index (χ1) is 9.54. The number of carbonyl (C=O) groups is 1. The van der Waals surface area contributed by atoms with Crippen LogP contribution in [0.25, 0.3) is 0 Å². The lowest BCUT2D eigenvalue weighted by Crippen LogP contribution is -2.20. The van der Waals surface area contributed by atoms with Gasteiger partial charge in [0.05, 0.1) is 0 Å². The summed E-state index contributed by atoms with van der Waals surface area (Å²) in [5.74, 6) is 0.283. The van der Waals surface area contributed by atoms with Gasteiger partial charge in [0.25, 0.3) is 0 Å². The zero-order chi connectivity index (χ0) is 14.3. The number of fused-ring (bicyclic) bond motifs is 1. The molecule has 1 aromatic heterocycles. The maximum Gasteiger partial charge on any atom is 0.224 e. The molecule has 1 aliphatic heterocycles. The highest BCUT2D eigenvalue weighted by Crippen LogP contribution is 2.32. The Morgan fingerprint density at radius 3 is 2.85 bits per heavy atom. The fourth-order valence-electron chi connectivity index (χ4n) is 2.38. The highest BCUT2D eigenvalue weighted by molar-refractivity contribution is 5.93. The van der Waals surface area contributed by atoms with Crippen LogP contribution >= 0.6 is 0 Å². The van der Waals surface area contributed by atoms with Gasteiger partial charge in [0.15, 0.2) is 0 Å². The molecule has 0 aliphatic carbocycles. The topological polar surface area (TPSA) is 62.5 Å². The number of halogens is 1. The number of anilines is 1. The van der Waals surface area contributed by atoms with Crippen LogP contribution < -0.4 is 5.32 Å². The third kappa shape index (κ3) is 2.20. The van der Waals surface area contributed by atoms with Gasteiger partial charge in [-0.3, -0.25) is 4.79 Å². The highest BCUT2D eigenvalue weighted by atomic mass is 19.1. The SMILES string of the molecule is Cc1ccc(C(O)c2cc3c(cc2F)NC(=O)CC3)o1. The molecular weight excluding hydrogens is 261 g/mol. The Bertz CT molecular complexity index is 678. The highest BCUT2D eigenvalue weighted by Gasteiger charge is 2.23. The van der Waals surface area contributed by atoms with E-state index in [1.807, 2.05) is 0 Å². The molecule has 20 heavy (non-hydrogen) atoms. The molecule has 0 fully saturated rings. The molecule has 2 aromatic rings. The Morgan fingerprint density at radius 2 is 2.15 bits per heavy atom. The van der Waals surface area contributed by atoms with Gasteiger partial charge in [-0.2, -0.15) is 0 Å². The molecule has 1 atom stereocenters. The maximum absolute atomic E-state index is 14.1. The van der Waals surface area contributed by atoms with Gasteiger partial charge < -0.3 is 14.8 Å². The van der Waals surface area contributed by atoms with E-state index in [0.29, 0.717) is 30.0 Å². The van der Waals surface area contributed by atoms with Crippen molar-refractivity contribution in [1.29, 1.82) is 0 Å². The van der Waals surface area contributed by atoms with Crippen molar-refractivity contribution in [1.82, 2.24) is 0 Å². The summed E-state index contributed by atoms with van der Waals surface area (Å²) in [6, 6.07) is 6.18. The van der Waals surface area contributed by atoms with E-state index in [0.717, 1.165) is 5.56 Å². The van der Waals surface area contributed by atoms with Crippen molar-refractivity contribution in [3.8, 4) is 0 Å². The molecule has 1 amide bonds. The van der Waals surface area contributed by atoms with Gasteiger partial charge >= 0.3 is 0 Å². The summed E-state index contributed by atoms with van der Waals surface area (Å²) >= 11 is 0. The molecule has 3 rings (SSSR count). The standard InChI is InChI=1S/C15H14FNO3/c1-8-2-4-13(20-8)15(19)10-6-9-3-5-14(18)17-12(9)7-11(10)16/h2,4,6-7,15,19H,3,5H2,1H3,(H,17,18). The largest absolute Gasteiger partial charge is 0.463 e. The van der Waals surface area contributed by atoms with E-state index in [1.54, 1.807) is 25.1 Å². The summed E-state index contributed by atoms with van der Waals surface area (Å²) < 4.78 is 19.4. The van der Waals surface area contributed by atoms with E-state index in [1.165, 1.54) is 6.07 Å². The number of hydrogen-bond donors (Lipinski definition) is 2. The third-order valence-corrected chi connectivity index (χ3v) is 3.44. The lowest BCUT2D eigenvalue weighted by molar-refractivity contribution is -0.116. The van der Waals surface area contributed by atoms with Crippen LogP contribution in [0.3, 0.4) is 0 Å². The van der Waals surface area contributed by atoms with E-state index in [2.05, 4.69) is 5.32 Å². The first-order valence-corrected chi connectivity index (χ1v) is 6.41. The second kappa shape index (κ2) is 4.76. The van der Waals surface area contributed by atoms with Crippen molar-refractivity contribution in [2.45, 2.75) is 25.9 Å². The number of hydrogen-bond acceptors (Lipinski definition) is 3. The van der Waals surface area contributed by atoms with Gasteiger partial charge in [-0.1, -0.05) is 0 Å². The van der Waals surface area contributed by atoms with Gasteiger partial charge in [-0.15, -0.1) is 0 Å². The molecular formula is C15H14FNO3. The summed E-state index contributed by atoms with van der Waals surface area (Å²) in [6.07, 6.45) is -0.238. The molecule has 1 aromatic carbocycles. The second-order valence-corrected chi connectivity index (χ2v) is 4.93. The summed E-state index contributed by atoms with van der Waals surface area (Å²) in [5, 5.41) is 12.8. The summed E-state index contributed by atoms with van der Waals surface area (Å²) in [6.45, 7) is 1.76. The van der Waals surface area contributed by atoms with Crippen molar-refractivity contribution in [3.05, 3.63) is 52.7 Å². The van der Waals surface area contributed by atoms with Crippen molar-refractivity contribution in [2.75, 3.05) is 5.32 Å². The Kier molecular flexibility index (Phi) is 3.06. The molecule has 2 heterocycles. The average molecular weight is 275 g/mol. The molecule has 1 unspecified atom stereocenters. The van der Waals surface area contributed by atoms with Crippen LogP contribution in [0.15, 0.2) is 28.7 Å². The number of carbonyl (C=O) groups excluding carboxylic acids is 1. The second-order valence-electron chi connectivity index (χ2n) is 4.93. The minimum atomic E-state index is -1.15. The van der Waals surface area contributed by atoms with Crippen molar-refractivity contribution in [3.63, 3.8) is 0 Å². The first-order valence-electron chi connectivity index (χ1n) is 6.41. The molecule has 0 saturated heterocycles. The minimum Gasteiger partial charge on any atom is -0.463 e. The summed E-state index contributed by atoms with van der Waals surface area (Å²) in [7, 11) is 0. The zero-order valence-electron chi connectivity index (χ0n) is 10.9. The predicted octanol–water partition coefficient (Wildman–Crippen LogP) is 2.69.